The Morgan fingerprint density at radius 1 is 0.840 bits per heavy atom. The molecule has 0 fully saturated rings. The number of hydrogen-bond acceptors (Lipinski definition) is 2. The van der Waals surface area contributed by atoms with Crippen molar-refractivity contribution < 1.29 is 9.53 Å². The van der Waals surface area contributed by atoms with Gasteiger partial charge in [0.1, 0.15) is 8.07 Å². The van der Waals surface area contributed by atoms with Crippen molar-refractivity contribution in [1.82, 2.24) is 0 Å². The van der Waals surface area contributed by atoms with E-state index in [1.165, 1.54) is 28.2 Å². The third kappa shape index (κ3) is 2.43. The van der Waals surface area contributed by atoms with Crippen LogP contribution < -0.4 is 15.6 Å². The zero-order valence-electron chi connectivity index (χ0n) is 14.2. The van der Waals surface area contributed by atoms with Crippen LogP contribution in [0.3, 0.4) is 0 Å². The maximum atomic E-state index is 12.3. The smallest absolute Gasteiger partial charge is 0.338 e. The van der Waals surface area contributed by atoms with Crippen molar-refractivity contribution in [2.75, 3.05) is 7.11 Å². The number of methoxy groups -OCH3 is 1. The molecule has 3 heteroatoms. The first-order chi connectivity index (χ1) is 12.3. The number of fused-ring (bicyclic) bond motifs is 1. The summed E-state index contributed by atoms with van der Waals surface area (Å²) >= 11 is 0. The van der Waals surface area contributed by atoms with Crippen LogP contribution in [0.2, 0.25) is 6.04 Å². The molecule has 124 valence electrons. The molecule has 3 aromatic rings. The van der Waals surface area contributed by atoms with Gasteiger partial charge in [-0.15, -0.1) is 0 Å². The highest BCUT2D eigenvalue weighted by molar-refractivity contribution is 7.12. The first-order valence-electron chi connectivity index (χ1n) is 8.59. The van der Waals surface area contributed by atoms with Crippen molar-refractivity contribution in [3.63, 3.8) is 0 Å². The van der Waals surface area contributed by atoms with Crippen molar-refractivity contribution in [3.05, 3.63) is 90.0 Å². The fourth-order valence-corrected chi connectivity index (χ4v) is 9.32. The summed E-state index contributed by atoms with van der Waals surface area (Å²) in [5.41, 5.74) is 1.90. The SMILES string of the molecule is COC(=O)c1cccc2c1CC[Si]2(c1ccccc1)c1ccccc1. The van der Waals surface area contributed by atoms with Gasteiger partial charge in [0.2, 0.25) is 0 Å². The third-order valence-corrected chi connectivity index (χ3v) is 10.4. The zero-order valence-corrected chi connectivity index (χ0v) is 15.2. The number of rotatable bonds is 3. The van der Waals surface area contributed by atoms with Crippen LogP contribution >= 0.6 is 0 Å². The molecule has 3 aromatic carbocycles. The Morgan fingerprint density at radius 3 is 2.00 bits per heavy atom. The largest absolute Gasteiger partial charge is 0.465 e. The second-order valence-corrected chi connectivity index (χ2v) is 10.5. The number of benzene rings is 3. The molecular formula is C22H20O2Si. The number of carbonyl (C=O) groups is 1. The monoisotopic (exact) mass is 344 g/mol. The van der Waals surface area contributed by atoms with Gasteiger partial charge in [-0.2, -0.15) is 0 Å². The van der Waals surface area contributed by atoms with Crippen molar-refractivity contribution >= 4 is 29.6 Å². The Kier molecular flexibility index (Phi) is 4.02. The zero-order chi connectivity index (χ0) is 17.3. The van der Waals surface area contributed by atoms with Crippen LogP contribution in [0, 0.1) is 0 Å². The van der Waals surface area contributed by atoms with Gasteiger partial charge in [0, 0.05) is 0 Å². The van der Waals surface area contributed by atoms with Gasteiger partial charge < -0.3 is 4.74 Å². The van der Waals surface area contributed by atoms with Crippen LogP contribution in [0.15, 0.2) is 78.9 Å². The van der Waals surface area contributed by atoms with Gasteiger partial charge in [-0.3, -0.25) is 0 Å². The number of hydrogen-bond donors (Lipinski definition) is 0. The van der Waals surface area contributed by atoms with Crippen molar-refractivity contribution in [2.45, 2.75) is 12.5 Å². The minimum absolute atomic E-state index is 0.234. The average Bonchev–Trinajstić information content (AvgIpc) is 3.09. The summed E-state index contributed by atoms with van der Waals surface area (Å²) < 4.78 is 5.02. The maximum absolute atomic E-state index is 12.3. The molecule has 0 N–H and O–H groups in total. The minimum atomic E-state index is -2.10. The summed E-state index contributed by atoms with van der Waals surface area (Å²) in [6.45, 7) is 0. The molecule has 1 heterocycles. The average molecular weight is 344 g/mol. The molecule has 0 saturated carbocycles. The summed E-state index contributed by atoms with van der Waals surface area (Å²) in [7, 11) is -0.649. The summed E-state index contributed by atoms with van der Waals surface area (Å²) in [6, 6.07) is 28.8. The summed E-state index contributed by atoms with van der Waals surface area (Å²) in [4.78, 5) is 12.3. The Labute approximate surface area is 149 Å². The molecule has 25 heavy (non-hydrogen) atoms. The van der Waals surface area contributed by atoms with Crippen LogP contribution in [0.25, 0.3) is 0 Å². The molecule has 1 aliphatic rings. The van der Waals surface area contributed by atoms with Gasteiger partial charge in [0.25, 0.3) is 0 Å². The van der Waals surface area contributed by atoms with E-state index >= 15 is 0 Å². The number of ether oxygens (including phenoxy) is 1. The fraction of sp³-hybridized carbons (Fsp3) is 0.136. The molecule has 0 aromatic heterocycles. The maximum Gasteiger partial charge on any atom is 0.338 e. The van der Waals surface area contributed by atoms with Crippen LogP contribution in [-0.4, -0.2) is 21.2 Å². The first-order valence-corrected chi connectivity index (χ1v) is 10.8. The van der Waals surface area contributed by atoms with Gasteiger partial charge in [0.05, 0.1) is 12.7 Å². The minimum Gasteiger partial charge on any atom is -0.465 e. The van der Waals surface area contributed by atoms with E-state index in [0.29, 0.717) is 0 Å². The van der Waals surface area contributed by atoms with E-state index in [0.717, 1.165) is 18.0 Å². The van der Waals surface area contributed by atoms with E-state index in [2.05, 4.69) is 66.7 Å². The highest BCUT2D eigenvalue weighted by Gasteiger charge is 2.45. The van der Waals surface area contributed by atoms with Crippen molar-refractivity contribution in [2.24, 2.45) is 0 Å². The molecule has 0 atom stereocenters. The van der Waals surface area contributed by atoms with E-state index in [9.17, 15) is 4.79 Å². The Morgan fingerprint density at radius 2 is 1.44 bits per heavy atom. The molecular weight excluding hydrogens is 324 g/mol. The van der Waals surface area contributed by atoms with Crippen LogP contribution in [-0.2, 0) is 11.2 Å². The number of carbonyl (C=O) groups excluding carboxylic acids is 1. The van der Waals surface area contributed by atoms with E-state index in [-0.39, 0.29) is 5.97 Å². The van der Waals surface area contributed by atoms with Gasteiger partial charge in [-0.25, -0.2) is 4.79 Å². The summed E-state index contributed by atoms with van der Waals surface area (Å²) in [6.07, 6.45) is 0.927. The molecule has 0 unspecified atom stereocenters. The van der Waals surface area contributed by atoms with E-state index in [4.69, 9.17) is 4.74 Å². The second kappa shape index (κ2) is 6.34. The first kappa shape index (κ1) is 15.9. The summed E-state index contributed by atoms with van der Waals surface area (Å²) in [5, 5.41) is 4.16. The molecule has 0 bridgehead atoms. The Bertz CT molecular complexity index is 864. The summed E-state index contributed by atoms with van der Waals surface area (Å²) in [5.74, 6) is -0.234. The van der Waals surface area contributed by atoms with E-state index in [1.54, 1.807) is 0 Å². The lowest BCUT2D eigenvalue weighted by molar-refractivity contribution is 0.0599. The second-order valence-electron chi connectivity index (χ2n) is 6.46. The lowest BCUT2D eigenvalue weighted by Crippen LogP contribution is -2.65. The predicted molar refractivity (Wildman–Crippen MR) is 104 cm³/mol. The molecule has 0 aliphatic carbocycles. The van der Waals surface area contributed by atoms with E-state index in [1.807, 2.05) is 12.1 Å². The standard InChI is InChI=1S/C22H20O2Si/c1-24-22(23)20-13-8-14-21-19(20)15-16-25(21,17-9-4-2-5-10-17)18-11-6-3-7-12-18/h2-14H,15-16H2,1H3. The Hall–Kier alpha value is -2.65. The highest BCUT2D eigenvalue weighted by atomic mass is 28.3. The topological polar surface area (TPSA) is 26.3 Å². The van der Waals surface area contributed by atoms with E-state index < -0.39 is 8.07 Å². The lowest BCUT2D eigenvalue weighted by atomic mass is 10.1. The highest BCUT2D eigenvalue weighted by Crippen LogP contribution is 2.27. The lowest BCUT2D eigenvalue weighted by Gasteiger charge is -2.29. The predicted octanol–water partition coefficient (Wildman–Crippen LogP) is 2.50. The molecule has 0 radical (unpaired) electrons. The quantitative estimate of drug-likeness (QED) is 0.539. The van der Waals surface area contributed by atoms with Crippen LogP contribution in [0.1, 0.15) is 15.9 Å². The van der Waals surface area contributed by atoms with Crippen LogP contribution in [0.5, 0.6) is 0 Å². The Balaban J connectivity index is 2.00. The van der Waals surface area contributed by atoms with Crippen molar-refractivity contribution in [3.8, 4) is 0 Å². The normalized spacial score (nSPS) is 14.8. The molecule has 0 spiro atoms. The molecule has 4 rings (SSSR count). The molecule has 0 amide bonds. The van der Waals surface area contributed by atoms with Gasteiger partial charge in [-0.1, -0.05) is 72.8 Å². The molecule has 2 nitrogen and oxygen atoms in total. The van der Waals surface area contributed by atoms with Gasteiger partial charge >= 0.3 is 5.97 Å². The fourth-order valence-electron chi connectivity index (χ4n) is 4.22. The van der Waals surface area contributed by atoms with Gasteiger partial charge in [0.15, 0.2) is 0 Å². The molecule has 1 aliphatic heterocycles. The third-order valence-electron chi connectivity index (χ3n) is 5.32. The van der Waals surface area contributed by atoms with Crippen LogP contribution in [0.4, 0.5) is 0 Å². The number of esters is 1. The van der Waals surface area contributed by atoms with Crippen molar-refractivity contribution in [1.29, 1.82) is 0 Å². The van der Waals surface area contributed by atoms with Gasteiger partial charge in [-0.05, 0) is 39.7 Å². The molecule has 0 saturated heterocycles.